The highest BCUT2D eigenvalue weighted by atomic mass is 19.1. The summed E-state index contributed by atoms with van der Waals surface area (Å²) >= 11 is 0. The minimum Gasteiger partial charge on any atom is -0.459 e. The molecular formula is C28H24FN3O4. The zero-order chi connectivity index (χ0) is 25.3. The second kappa shape index (κ2) is 11.6. The Bertz CT molecular complexity index is 1330. The van der Waals surface area contributed by atoms with Gasteiger partial charge in [-0.25, -0.2) is 4.39 Å². The number of carbonyl (C=O) groups is 3. The van der Waals surface area contributed by atoms with Gasteiger partial charge in [0.15, 0.2) is 5.76 Å². The van der Waals surface area contributed by atoms with Gasteiger partial charge in [0.25, 0.3) is 5.91 Å². The molecule has 0 aliphatic carbocycles. The summed E-state index contributed by atoms with van der Waals surface area (Å²) in [5, 5.41) is 7.93. The molecule has 36 heavy (non-hydrogen) atoms. The number of nitrogens with one attached hydrogen (secondary N) is 3. The fourth-order valence-electron chi connectivity index (χ4n) is 3.60. The molecule has 1 atom stereocenters. The molecule has 1 heterocycles. The van der Waals surface area contributed by atoms with Crippen LogP contribution in [0.3, 0.4) is 0 Å². The maximum absolute atomic E-state index is 14.4. The number of hydrogen-bond acceptors (Lipinski definition) is 4. The largest absolute Gasteiger partial charge is 0.459 e. The maximum Gasteiger partial charge on any atom is 0.287 e. The van der Waals surface area contributed by atoms with Gasteiger partial charge >= 0.3 is 0 Å². The van der Waals surface area contributed by atoms with Crippen molar-refractivity contribution >= 4 is 29.1 Å². The van der Waals surface area contributed by atoms with Gasteiger partial charge in [-0.15, -0.1) is 0 Å². The lowest BCUT2D eigenvalue weighted by molar-refractivity contribution is -0.118. The molecule has 0 aliphatic heterocycles. The molecule has 0 bridgehead atoms. The molecule has 0 saturated carbocycles. The minimum absolute atomic E-state index is 0.0621. The highest BCUT2D eigenvalue weighted by molar-refractivity contribution is 6.01. The van der Waals surface area contributed by atoms with Crippen molar-refractivity contribution in [2.75, 3.05) is 10.6 Å². The third kappa shape index (κ3) is 6.66. The Kier molecular flexibility index (Phi) is 7.87. The van der Waals surface area contributed by atoms with Gasteiger partial charge in [-0.1, -0.05) is 60.7 Å². The van der Waals surface area contributed by atoms with Gasteiger partial charge in [0.2, 0.25) is 11.8 Å². The SMILES string of the molecule is O=C(Cc1ccccc1)Nc1cc(NC(=O)C(Cc2ccccc2)NC(=O)c2ccco2)ccc1F. The monoisotopic (exact) mass is 485 g/mol. The van der Waals surface area contributed by atoms with Gasteiger partial charge in [-0.3, -0.25) is 14.4 Å². The third-order valence-corrected chi connectivity index (χ3v) is 5.36. The predicted octanol–water partition coefficient (Wildman–Crippen LogP) is 4.58. The van der Waals surface area contributed by atoms with Crippen LogP contribution < -0.4 is 16.0 Å². The van der Waals surface area contributed by atoms with E-state index in [1.54, 1.807) is 18.2 Å². The van der Waals surface area contributed by atoms with Gasteiger partial charge < -0.3 is 20.4 Å². The van der Waals surface area contributed by atoms with E-state index >= 15 is 0 Å². The molecule has 0 fully saturated rings. The molecule has 4 aromatic rings. The number of rotatable bonds is 9. The molecule has 1 unspecified atom stereocenters. The van der Waals surface area contributed by atoms with Crippen molar-refractivity contribution in [3.8, 4) is 0 Å². The van der Waals surface area contributed by atoms with Gasteiger partial charge in [-0.05, 0) is 41.5 Å². The van der Waals surface area contributed by atoms with E-state index in [4.69, 9.17) is 4.42 Å². The lowest BCUT2D eigenvalue weighted by atomic mass is 10.0. The average Bonchev–Trinajstić information content (AvgIpc) is 3.42. The third-order valence-electron chi connectivity index (χ3n) is 5.36. The van der Waals surface area contributed by atoms with Crippen LogP contribution in [0.5, 0.6) is 0 Å². The molecule has 0 radical (unpaired) electrons. The molecule has 0 saturated heterocycles. The highest BCUT2D eigenvalue weighted by Gasteiger charge is 2.23. The first-order chi connectivity index (χ1) is 17.5. The van der Waals surface area contributed by atoms with Crippen LogP contribution in [0.2, 0.25) is 0 Å². The quantitative estimate of drug-likeness (QED) is 0.323. The number of halogens is 1. The van der Waals surface area contributed by atoms with Crippen LogP contribution in [-0.2, 0) is 22.4 Å². The fraction of sp³-hybridized carbons (Fsp3) is 0.107. The van der Waals surface area contributed by atoms with Crippen LogP contribution in [-0.4, -0.2) is 23.8 Å². The van der Waals surface area contributed by atoms with Gasteiger partial charge in [0.1, 0.15) is 11.9 Å². The lowest BCUT2D eigenvalue weighted by Gasteiger charge is -2.19. The number of anilines is 2. The second-order valence-corrected chi connectivity index (χ2v) is 8.09. The number of hydrogen-bond donors (Lipinski definition) is 3. The molecule has 4 rings (SSSR count). The van der Waals surface area contributed by atoms with Crippen LogP contribution in [0.15, 0.2) is 102 Å². The van der Waals surface area contributed by atoms with E-state index in [1.165, 1.54) is 24.5 Å². The molecule has 182 valence electrons. The van der Waals surface area contributed by atoms with E-state index in [9.17, 15) is 18.8 Å². The first-order valence-corrected chi connectivity index (χ1v) is 11.3. The van der Waals surface area contributed by atoms with Crippen molar-refractivity contribution in [1.29, 1.82) is 0 Å². The second-order valence-electron chi connectivity index (χ2n) is 8.09. The summed E-state index contributed by atoms with van der Waals surface area (Å²) in [4.78, 5) is 38.1. The molecule has 3 N–H and O–H groups in total. The highest BCUT2D eigenvalue weighted by Crippen LogP contribution is 2.21. The first-order valence-electron chi connectivity index (χ1n) is 11.3. The molecule has 1 aromatic heterocycles. The number of furan rings is 1. The van der Waals surface area contributed by atoms with E-state index < -0.39 is 29.6 Å². The standard InChI is InChI=1S/C28H24FN3O4/c29-22-14-13-21(18-23(22)31-26(33)17-20-10-5-2-6-11-20)30-27(34)24(16-19-8-3-1-4-9-19)32-28(35)25-12-7-15-36-25/h1-15,18,24H,16-17H2,(H,30,34)(H,31,33)(H,32,35). The summed E-state index contributed by atoms with van der Waals surface area (Å²) in [7, 11) is 0. The number of carbonyl (C=O) groups excluding carboxylic acids is 3. The number of amides is 3. The van der Waals surface area contributed by atoms with E-state index in [0.29, 0.717) is 0 Å². The normalized spacial score (nSPS) is 11.4. The molecule has 3 aromatic carbocycles. The van der Waals surface area contributed by atoms with E-state index in [-0.39, 0.29) is 30.0 Å². The molecule has 8 heteroatoms. The molecule has 0 aliphatic rings. The summed E-state index contributed by atoms with van der Waals surface area (Å²) in [5.41, 5.74) is 1.83. The van der Waals surface area contributed by atoms with Crippen molar-refractivity contribution in [3.63, 3.8) is 0 Å². The molecule has 3 amide bonds. The smallest absolute Gasteiger partial charge is 0.287 e. The van der Waals surface area contributed by atoms with Crippen LogP contribution in [0.25, 0.3) is 0 Å². The summed E-state index contributed by atoms with van der Waals surface area (Å²) in [5.74, 6) is -2.00. The van der Waals surface area contributed by atoms with Crippen LogP contribution in [0.4, 0.5) is 15.8 Å². The summed E-state index contributed by atoms with van der Waals surface area (Å²) in [6, 6.07) is 24.3. The van der Waals surface area contributed by atoms with Crippen molar-refractivity contribution in [2.45, 2.75) is 18.9 Å². The summed E-state index contributed by atoms with van der Waals surface area (Å²) in [6.45, 7) is 0. The Morgan fingerprint density at radius 3 is 2.17 bits per heavy atom. The Morgan fingerprint density at radius 1 is 0.806 bits per heavy atom. The Balaban J connectivity index is 1.47. The van der Waals surface area contributed by atoms with Crippen LogP contribution in [0, 0.1) is 5.82 Å². The van der Waals surface area contributed by atoms with E-state index in [1.807, 2.05) is 48.5 Å². The Labute approximate surface area is 207 Å². The predicted molar refractivity (Wildman–Crippen MR) is 134 cm³/mol. The minimum atomic E-state index is -0.939. The number of benzene rings is 3. The molecular weight excluding hydrogens is 461 g/mol. The molecule has 0 spiro atoms. The first kappa shape index (κ1) is 24.4. The Morgan fingerprint density at radius 2 is 1.50 bits per heavy atom. The Hall–Kier alpha value is -4.72. The van der Waals surface area contributed by atoms with Gasteiger partial charge in [0.05, 0.1) is 18.4 Å². The van der Waals surface area contributed by atoms with Crippen molar-refractivity contribution in [2.24, 2.45) is 0 Å². The summed E-state index contributed by atoms with van der Waals surface area (Å²) < 4.78 is 19.5. The van der Waals surface area contributed by atoms with Crippen molar-refractivity contribution in [1.82, 2.24) is 5.32 Å². The zero-order valence-electron chi connectivity index (χ0n) is 19.2. The topological polar surface area (TPSA) is 100 Å². The fourth-order valence-corrected chi connectivity index (χ4v) is 3.60. The molecule has 7 nitrogen and oxygen atoms in total. The average molecular weight is 486 g/mol. The van der Waals surface area contributed by atoms with Crippen molar-refractivity contribution in [3.05, 3.63) is 120 Å². The van der Waals surface area contributed by atoms with Gasteiger partial charge in [-0.2, -0.15) is 0 Å². The van der Waals surface area contributed by atoms with Gasteiger partial charge in [0, 0.05) is 12.1 Å². The van der Waals surface area contributed by atoms with Crippen LogP contribution in [0.1, 0.15) is 21.7 Å². The zero-order valence-corrected chi connectivity index (χ0v) is 19.2. The maximum atomic E-state index is 14.4. The lowest BCUT2D eigenvalue weighted by Crippen LogP contribution is -2.45. The van der Waals surface area contributed by atoms with E-state index in [2.05, 4.69) is 16.0 Å². The summed E-state index contributed by atoms with van der Waals surface area (Å²) in [6.07, 6.45) is 1.67. The van der Waals surface area contributed by atoms with Crippen molar-refractivity contribution < 1.29 is 23.2 Å². The van der Waals surface area contributed by atoms with Crippen LogP contribution >= 0.6 is 0 Å². The van der Waals surface area contributed by atoms with E-state index in [0.717, 1.165) is 17.2 Å².